The summed E-state index contributed by atoms with van der Waals surface area (Å²) in [5.74, 6) is 0.308. The van der Waals surface area contributed by atoms with Crippen molar-refractivity contribution in [3.63, 3.8) is 0 Å². The second-order valence-electron chi connectivity index (χ2n) is 1.43. The summed E-state index contributed by atoms with van der Waals surface area (Å²) in [5.41, 5.74) is 0. The highest BCUT2D eigenvalue weighted by Gasteiger charge is 1.68. The van der Waals surface area contributed by atoms with Crippen LogP contribution < -0.4 is 0 Å². The Bertz CT molecular complexity index is 116. The number of aliphatic hydroxyl groups excluding tert-OH is 1. The molecule has 0 fully saturated rings. The molecule has 0 rings (SSSR count). The Hall–Kier alpha value is -0.980. The van der Waals surface area contributed by atoms with Crippen LogP contribution in [0.25, 0.3) is 0 Å². The molecule has 0 bridgehead atoms. The number of hydrogen-bond acceptors (Lipinski definition) is 1. The molecule has 0 atom stereocenters. The van der Waals surface area contributed by atoms with Crippen molar-refractivity contribution < 1.29 is 5.11 Å². The fraction of sp³-hybridized carbons (Fsp3) is 0.143. The Kier molecular flexibility index (Phi) is 3.67. The first kappa shape index (κ1) is 7.02. The first-order valence-electron chi connectivity index (χ1n) is 2.42. The minimum Gasteiger partial charge on any atom is -0.513 e. The molecule has 0 saturated heterocycles. The Balaban J connectivity index is 3.57. The third kappa shape index (κ3) is 5.02. The van der Waals surface area contributed by atoms with Gasteiger partial charge in [0.05, 0.1) is 5.76 Å². The number of allylic oxidation sites excluding steroid dienone is 5. The van der Waals surface area contributed by atoms with Crippen molar-refractivity contribution in [2.75, 3.05) is 0 Å². The van der Waals surface area contributed by atoms with Crippen molar-refractivity contribution in [1.29, 1.82) is 0 Å². The van der Waals surface area contributed by atoms with Crippen LogP contribution in [0.5, 0.6) is 0 Å². The van der Waals surface area contributed by atoms with Gasteiger partial charge in [0.2, 0.25) is 0 Å². The molecule has 44 valence electrons. The lowest BCUT2D eigenvalue weighted by molar-refractivity contribution is 0.414. The largest absolute Gasteiger partial charge is 0.513 e. The second-order valence-corrected chi connectivity index (χ2v) is 1.43. The summed E-state index contributed by atoms with van der Waals surface area (Å²) in [5, 5.41) is 8.55. The molecule has 0 amide bonds. The van der Waals surface area contributed by atoms with Crippen LogP contribution in [0.3, 0.4) is 0 Å². The van der Waals surface area contributed by atoms with E-state index < -0.39 is 0 Å². The maximum absolute atomic E-state index is 8.55. The van der Waals surface area contributed by atoms with E-state index >= 15 is 0 Å². The van der Waals surface area contributed by atoms with Crippen molar-refractivity contribution >= 4 is 0 Å². The number of aliphatic hydroxyl groups is 1. The first-order chi connectivity index (χ1) is 3.77. The second kappa shape index (κ2) is 4.19. The highest BCUT2D eigenvalue weighted by atomic mass is 16.3. The quantitative estimate of drug-likeness (QED) is 0.426. The Morgan fingerprint density at radius 2 is 2.12 bits per heavy atom. The number of rotatable bonds is 2. The van der Waals surface area contributed by atoms with Crippen LogP contribution in [0.1, 0.15) is 6.92 Å². The van der Waals surface area contributed by atoms with Crippen molar-refractivity contribution in [1.82, 2.24) is 0 Å². The Morgan fingerprint density at radius 1 is 1.50 bits per heavy atom. The molecular formula is C7H10O. The van der Waals surface area contributed by atoms with Gasteiger partial charge in [-0.1, -0.05) is 24.8 Å². The standard InChI is InChI=1S/C7H10O/c1-3-4-5-6-7(2)8/h3-6,8H,1H2,2H3/b5-4+,7-6+. The smallest absolute Gasteiger partial charge is 0.0891 e. The third-order valence-corrected chi connectivity index (χ3v) is 0.585. The lowest BCUT2D eigenvalue weighted by atomic mass is 10.4. The molecular weight excluding hydrogens is 100 g/mol. The molecule has 0 unspecified atom stereocenters. The molecule has 0 radical (unpaired) electrons. The van der Waals surface area contributed by atoms with E-state index in [-0.39, 0.29) is 0 Å². The van der Waals surface area contributed by atoms with Gasteiger partial charge >= 0.3 is 0 Å². The Morgan fingerprint density at radius 3 is 2.50 bits per heavy atom. The lowest BCUT2D eigenvalue weighted by Gasteiger charge is -1.78. The maximum atomic E-state index is 8.55. The van der Waals surface area contributed by atoms with Gasteiger partial charge < -0.3 is 5.11 Å². The van der Waals surface area contributed by atoms with Crippen LogP contribution in [-0.2, 0) is 0 Å². The topological polar surface area (TPSA) is 20.2 Å². The normalized spacial score (nSPS) is 12.4. The number of hydrogen-bond donors (Lipinski definition) is 1. The van der Waals surface area contributed by atoms with E-state index in [9.17, 15) is 0 Å². The van der Waals surface area contributed by atoms with Gasteiger partial charge in [-0.05, 0) is 13.0 Å². The van der Waals surface area contributed by atoms with E-state index in [0.717, 1.165) is 0 Å². The minimum atomic E-state index is 0.308. The van der Waals surface area contributed by atoms with Gasteiger partial charge in [-0.25, -0.2) is 0 Å². The van der Waals surface area contributed by atoms with E-state index in [1.165, 1.54) is 0 Å². The molecule has 0 heterocycles. The average Bonchev–Trinajstić information content (AvgIpc) is 1.66. The highest BCUT2D eigenvalue weighted by molar-refractivity contribution is 5.10. The SMILES string of the molecule is C=C/C=C/C=C(\C)O. The lowest BCUT2D eigenvalue weighted by Crippen LogP contribution is -1.63. The molecule has 1 N–H and O–H groups in total. The summed E-state index contributed by atoms with van der Waals surface area (Å²) in [6.07, 6.45) is 6.73. The van der Waals surface area contributed by atoms with E-state index in [4.69, 9.17) is 5.11 Å². The molecule has 0 spiro atoms. The summed E-state index contributed by atoms with van der Waals surface area (Å²) < 4.78 is 0. The van der Waals surface area contributed by atoms with Gasteiger partial charge in [-0.3, -0.25) is 0 Å². The molecule has 0 aromatic carbocycles. The van der Waals surface area contributed by atoms with E-state index in [0.29, 0.717) is 5.76 Å². The van der Waals surface area contributed by atoms with Crippen molar-refractivity contribution in [2.45, 2.75) is 6.92 Å². The molecule has 0 aliphatic heterocycles. The van der Waals surface area contributed by atoms with Crippen LogP contribution in [0.2, 0.25) is 0 Å². The molecule has 0 aromatic heterocycles. The van der Waals surface area contributed by atoms with Gasteiger partial charge in [-0.2, -0.15) is 0 Å². The zero-order valence-electron chi connectivity index (χ0n) is 4.96. The fourth-order valence-electron chi connectivity index (χ4n) is 0.273. The van der Waals surface area contributed by atoms with Crippen LogP contribution >= 0.6 is 0 Å². The summed E-state index contributed by atoms with van der Waals surface area (Å²) >= 11 is 0. The predicted molar refractivity (Wildman–Crippen MR) is 35.7 cm³/mol. The molecule has 0 aliphatic carbocycles. The van der Waals surface area contributed by atoms with E-state index in [2.05, 4.69) is 6.58 Å². The summed E-state index contributed by atoms with van der Waals surface area (Å²) in [6.45, 7) is 5.08. The van der Waals surface area contributed by atoms with Crippen LogP contribution in [-0.4, -0.2) is 5.11 Å². The van der Waals surface area contributed by atoms with Crippen LogP contribution in [0, 0.1) is 0 Å². The van der Waals surface area contributed by atoms with E-state index in [1.54, 1.807) is 31.2 Å². The van der Waals surface area contributed by atoms with Gasteiger partial charge in [0, 0.05) is 0 Å². The molecule has 0 aliphatic rings. The molecule has 1 nitrogen and oxygen atoms in total. The fourth-order valence-corrected chi connectivity index (χ4v) is 0.273. The maximum Gasteiger partial charge on any atom is 0.0891 e. The van der Waals surface area contributed by atoms with Crippen molar-refractivity contribution in [3.05, 3.63) is 36.6 Å². The highest BCUT2D eigenvalue weighted by Crippen LogP contribution is 1.84. The third-order valence-electron chi connectivity index (χ3n) is 0.585. The van der Waals surface area contributed by atoms with Gasteiger partial charge in [0.25, 0.3) is 0 Å². The zero-order chi connectivity index (χ0) is 6.41. The molecule has 8 heavy (non-hydrogen) atoms. The summed E-state index contributed by atoms with van der Waals surface area (Å²) in [6, 6.07) is 0. The van der Waals surface area contributed by atoms with E-state index in [1.807, 2.05) is 0 Å². The first-order valence-corrected chi connectivity index (χ1v) is 2.42. The zero-order valence-corrected chi connectivity index (χ0v) is 4.96. The van der Waals surface area contributed by atoms with Crippen molar-refractivity contribution in [2.24, 2.45) is 0 Å². The van der Waals surface area contributed by atoms with Crippen molar-refractivity contribution in [3.8, 4) is 0 Å². The molecule has 0 saturated carbocycles. The Labute approximate surface area is 49.7 Å². The summed E-state index contributed by atoms with van der Waals surface area (Å²) in [7, 11) is 0. The minimum absolute atomic E-state index is 0.308. The van der Waals surface area contributed by atoms with Gasteiger partial charge in [0.15, 0.2) is 0 Å². The average molecular weight is 110 g/mol. The predicted octanol–water partition coefficient (Wildman–Crippen LogP) is 2.19. The monoisotopic (exact) mass is 110 g/mol. The summed E-state index contributed by atoms with van der Waals surface area (Å²) in [4.78, 5) is 0. The van der Waals surface area contributed by atoms with Gasteiger partial charge in [-0.15, -0.1) is 0 Å². The van der Waals surface area contributed by atoms with Crippen LogP contribution in [0.4, 0.5) is 0 Å². The van der Waals surface area contributed by atoms with Gasteiger partial charge in [0.1, 0.15) is 0 Å². The molecule has 0 aromatic rings. The van der Waals surface area contributed by atoms with Crippen LogP contribution in [0.15, 0.2) is 36.6 Å². The molecule has 1 heteroatoms.